The van der Waals surface area contributed by atoms with Crippen LogP contribution in [0.25, 0.3) is 0 Å². The number of benzene rings is 1. The second kappa shape index (κ2) is 7.26. The Kier molecular flexibility index (Phi) is 5.36. The smallest absolute Gasteiger partial charge is 0.352 e. The van der Waals surface area contributed by atoms with Gasteiger partial charge in [0.25, 0.3) is 5.91 Å². The molecule has 2 aromatic rings. The normalized spacial score (nSPS) is 11.5. The molecule has 1 aromatic heterocycles. The number of aromatic nitrogens is 2. The predicted molar refractivity (Wildman–Crippen MR) is 75.2 cm³/mol. The Balaban J connectivity index is 1.86. The molecule has 8 heteroatoms. The lowest BCUT2D eigenvalue weighted by Gasteiger charge is -2.11. The lowest BCUT2D eigenvalue weighted by molar-refractivity contribution is -0.140. The molecule has 0 aliphatic carbocycles. The standard InChI is InChI=1S/C15H15F4N3O/c16-13-11(4-3-5-12(13)15(17,18)19)14(23)21-6-1-2-8-22-9-7-20-10-22/h3-5,7,9-10H,1-2,6,8H2,(H,21,23). The van der Waals surface area contributed by atoms with Gasteiger partial charge in [-0.3, -0.25) is 4.79 Å². The Hall–Kier alpha value is -2.38. The van der Waals surface area contributed by atoms with Gasteiger partial charge in [-0.05, 0) is 25.0 Å². The fourth-order valence-corrected chi connectivity index (χ4v) is 2.06. The van der Waals surface area contributed by atoms with Gasteiger partial charge in [-0.1, -0.05) is 6.07 Å². The molecule has 124 valence electrons. The molecule has 1 N–H and O–H groups in total. The van der Waals surface area contributed by atoms with Crippen molar-refractivity contribution in [3.05, 3.63) is 53.9 Å². The fraction of sp³-hybridized carbons (Fsp3) is 0.333. The number of carbonyl (C=O) groups is 1. The van der Waals surface area contributed by atoms with Gasteiger partial charge in [0.1, 0.15) is 5.82 Å². The number of nitrogens with zero attached hydrogens (tertiary/aromatic N) is 2. The second-order valence-corrected chi connectivity index (χ2v) is 4.93. The van der Waals surface area contributed by atoms with Crippen molar-refractivity contribution in [3.63, 3.8) is 0 Å². The molecule has 0 saturated heterocycles. The van der Waals surface area contributed by atoms with Gasteiger partial charge in [0.2, 0.25) is 0 Å². The SMILES string of the molecule is O=C(NCCCCn1ccnc1)c1cccc(C(F)(F)F)c1F. The summed E-state index contributed by atoms with van der Waals surface area (Å²) in [5.41, 5.74) is -2.04. The summed E-state index contributed by atoms with van der Waals surface area (Å²) in [6.45, 7) is 0.969. The molecule has 0 spiro atoms. The van der Waals surface area contributed by atoms with E-state index in [0.717, 1.165) is 18.6 Å². The van der Waals surface area contributed by atoms with Gasteiger partial charge in [-0.2, -0.15) is 13.2 Å². The maximum atomic E-state index is 13.8. The minimum atomic E-state index is -4.83. The zero-order valence-electron chi connectivity index (χ0n) is 12.1. The van der Waals surface area contributed by atoms with E-state index in [0.29, 0.717) is 19.0 Å². The number of hydrogen-bond acceptors (Lipinski definition) is 2. The summed E-state index contributed by atoms with van der Waals surface area (Å²) in [6.07, 6.45) is 1.66. The quantitative estimate of drug-likeness (QED) is 0.653. The summed E-state index contributed by atoms with van der Waals surface area (Å²) >= 11 is 0. The first-order valence-electron chi connectivity index (χ1n) is 6.99. The van der Waals surface area contributed by atoms with Crippen molar-refractivity contribution < 1.29 is 22.4 Å². The van der Waals surface area contributed by atoms with Crippen molar-refractivity contribution in [2.24, 2.45) is 0 Å². The average Bonchev–Trinajstić information content (AvgIpc) is 2.99. The van der Waals surface area contributed by atoms with Crippen LogP contribution in [0.4, 0.5) is 17.6 Å². The highest BCUT2D eigenvalue weighted by atomic mass is 19.4. The number of aryl methyl sites for hydroxylation is 1. The lowest BCUT2D eigenvalue weighted by Crippen LogP contribution is -2.26. The van der Waals surface area contributed by atoms with Crippen LogP contribution in [-0.4, -0.2) is 22.0 Å². The molecule has 0 radical (unpaired) electrons. The Bertz CT molecular complexity index is 653. The predicted octanol–water partition coefficient (Wildman–Crippen LogP) is 3.25. The molecular formula is C15H15F4N3O. The van der Waals surface area contributed by atoms with Gasteiger partial charge in [0.15, 0.2) is 0 Å². The van der Waals surface area contributed by atoms with Crippen LogP contribution in [0, 0.1) is 5.82 Å². The highest BCUT2D eigenvalue weighted by Gasteiger charge is 2.35. The second-order valence-electron chi connectivity index (χ2n) is 4.93. The first kappa shape index (κ1) is 17.0. The number of nitrogens with one attached hydrogen (secondary N) is 1. The number of imidazole rings is 1. The average molecular weight is 329 g/mol. The third kappa shape index (κ3) is 4.54. The molecule has 0 atom stereocenters. The van der Waals surface area contributed by atoms with Crippen LogP contribution in [0.1, 0.15) is 28.8 Å². The van der Waals surface area contributed by atoms with E-state index >= 15 is 0 Å². The summed E-state index contributed by atoms with van der Waals surface area (Å²) < 4.78 is 53.5. The van der Waals surface area contributed by atoms with Gasteiger partial charge in [-0.15, -0.1) is 0 Å². The number of amides is 1. The Morgan fingerprint density at radius 2 is 2.04 bits per heavy atom. The lowest BCUT2D eigenvalue weighted by atomic mass is 10.1. The Morgan fingerprint density at radius 1 is 1.26 bits per heavy atom. The van der Waals surface area contributed by atoms with Crippen molar-refractivity contribution >= 4 is 5.91 Å². The van der Waals surface area contributed by atoms with Crippen molar-refractivity contribution in [2.75, 3.05) is 6.54 Å². The van der Waals surface area contributed by atoms with Gasteiger partial charge in [0, 0.05) is 25.5 Å². The maximum Gasteiger partial charge on any atom is 0.419 e. The Labute approximate surface area is 130 Å². The summed E-state index contributed by atoms with van der Waals surface area (Å²) in [5, 5.41) is 2.43. The van der Waals surface area contributed by atoms with Crippen LogP contribution in [0.2, 0.25) is 0 Å². The van der Waals surface area contributed by atoms with Crippen molar-refractivity contribution in [2.45, 2.75) is 25.6 Å². The van der Waals surface area contributed by atoms with Gasteiger partial charge in [-0.25, -0.2) is 9.37 Å². The van der Waals surface area contributed by atoms with E-state index in [1.807, 2.05) is 4.57 Å². The van der Waals surface area contributed by atoms with Crippen LogP contribution in [-0.2, 0) is 12.7 Å². The summed E-state index contributed by atoms with van der Waals surface area (Å²) in [7, 11) is 0. The van der Waals surface area contributed by atoms with Gasteiger partial charge < -0.3 is 9.88 Å². The first-order valence-corrected chi connectivity index (χ1v) is 6.99. The maximum absolute atomic E-state index is 13.8. The van der Waals surface area contributed by atoms with E-state index in [1.54, 1.807) is 18.7 Å². The highest BCUT2D eigenvalue weighted by molar-refractivity contribution is 5.94. The van der Waals surface area contributed by atoms with Gasteiger partial charge in [0.05, 0.1) is 17.5 Å². The number of halogens is 4. The van der Waals surface area contributed by atoms with E-state index in [2.05, 4.69) is 10.3 Å². The third-order valence-electron chi connectivity index (χ3n) is 3.24. The van der Waals surface area contributed by atoms with Crippen LogP contribution in [0.3, 0.4) is 0 Å². The molecule has 2 rings (SSSR count). The van der Waals surface area contributed by atoms with Crippen molar-refractivity contribution in [3.8, 4) is 0 Å². The third-order valence-corrected chi connectivity index (χ3v) is 3.24. The molecule has 0 bridgehead atoms. The molecule has 0 saturated carbocycles. The van der Waals surface area contributed by atoms with Crippen LogP contribution in [0.15, 0.2) is 36.9 Å². The zero-order chi connectivity index (χ0) is 16.9. The van der Waals surface area contributed by atoms with Gasteiger partial charge >= 0.3 is 6.18 Å². The van der Waals surface area contributed by atoms with E-state index in [1.165, 1.54) is 0 Å². The van der Waals surface area contributed by atoms with E-state index < -0.39 is 29.0 Å². The summed E-state index contributed by atoms with van der Waals surface area (Å²) in [6, 6.07) is 2.66. The summed E-state index contributed by atoms with van der Waals surface area (Å²) in [4.78, 5) is 15.7. The largest absolute Gasteiger partial charge is 0.419 e. The van der Waals surface area contributed by atoms with E-state index in [-0.39, 0.29) is 6.54 Å². The van der Waals surface area contributed by atoms with Crippen molar-refractivity contribution in [1.82, 2.24) is 14.9 Å². The molecule has 1 aromatic carbocycles. The molecule has 0 unspecified atom stereocenters. The minimum absolute atomic E-state index is 0.253. The zero-order valence-corrected chi connectivity index (χ0v) is 12.1. The number of alkyl halides is 3. The van der Waals surface area contributed by atoms with Crippen LogP contribution in [0.5, 0.6) is 0 Å². The molecule has 0 aliphatic rings. The monoisotopic (exact) mass is 329 g/mol. The topological polar surface area (TPSA) is 46.9 Å². The first-order chi connectivity index (χ1) is 10.9. The molecule has 1 heterocycles. The minimum Gasteiger partial charge on any atom is -0.352 e. The van der Waals surface area contributed by atoms with E-state index in [4.69, 9.17) is 0 Å². The van der Waals surface area contributed by atoms with E-state index in [9.17, 15) is 22.4 Å². The number of rotatable bonds is 6. The van der Waals surface area contributed by atoms with Crippen LogP contribution < -0.4 is 5.32 Å². The fourth-order valence-electron chi connectivity index (χ4n) is 2.06. The number of carbonyl (C=O) groups excluding carboxylic acids is 1. The molecule has 0 aliphatic heterocycles. The number of unbranched alkanes of at least 4 members (excludes halogenated alkanes) is 1. The summed E-state index contributed by atoms with van der Waals surface area (Å²) in [5.74, 6) is -2.40. The van der Waals surface area contributed by atoms with Crippen LogP contribution >= 0.6 is 0 Å². The Morgan fingerprint density at radius 3 is 2.70 bits per heavy atom. The molecule has 1 amide bonds. The molecule has 4 nitrogen and oxygen atoms in total. The molecule has 0 fully saturated rings. The molecular weight excluding hydrogens is 314 g/mol. The number of hydrogen-bond donors (Lipinski definition) is 1. The van der Waals surface area contributed by atoms with Crippen molar-refractivity contribution in [1.29, 1.82) is 0 Å². The molecule has 23 heavy (non-hydrogen) atoms. The highest BCUT2D eigenvalue weighted by Crippen LogP contribution is 2.32.